The fraction of sp³-hybridized carbons (Fsp3) is 0.333. The van der Waals surface area contributed by atoms with Crippen LogP contribution in [0.3, 0.4) is 0 Å². The summed E-state index contributed by atoms with van der Waals surface area (Å²) in [5.41, 5.74) is 1.45. The van der Waals surface area contributed by atoms with Crippen LogP contribution in [0.15, 0.2) is 35.1 Å². The van der Waals surface area contributed by atoms with E-state index in [1.54, 1.807) is 0 Å². The number of rotatable bonds is 4. The van der Waals surface area contributed by atoms with E-state index in [-0.39, 0.29) is 11.5 Å². The van der Waals surface area contributed by atoms with Crippen LogP contribution in [-0.4, -0.2) is 16.6 Å². The molecule has 19 heavy (non-hydrogen) atoms. The first-order chi connectivity index (χ1) is 9.11. The standard InChI is InChI=1S/C15H18N2O2/c1-4-19-13-8-6-5-7-11(13)15-16-12(10(2)3)9-14(18)17-15/h5-10H,4H2,1-3H3,(H,16,17,18). The van der Waals surface area contributed by atoms with Gasteiger partial charge in [0.25, 0.3) is 5.56 Å². The number of H-pyrrole nitrogens is 1. The van der Waals surface area contributed by atoms with Gasteiger partial charge in [-0.2, -0.15) is 0 Å². The van der Waals surface area contributed by atoms with Crippen molar-refractivity contribution in [1.82, 2.24) is 9.97 Å². The van der Waals surface area contributed by atoms with E-state index in [0.717, 1.165) is 17.0 Å². The Balaban J connectivity index is 2.55. The van der Waals surface area contributed by atoms with Crippen LogP contribution in [0, 0.1) is 0 Å². The summed E-state index contributed by atoms with van der Waals surface area (Å²) in [6.07, 6.45) is 0. The number of para-hydroxylation sites is 1. The Labute approximate surface area is 112 Å². The van der Waals surface area contributed by atoms with Crippen molar-refractivity contribution in [2.24, 2.45) is 0 Å². The number of hydrogen-bond donors (Lipinski definition) is 1. The third-order valence-electron chi connectivity index (χ3n) is 2.80. The SMILES string of the molecule is CCOc1ccccc1-c1nc(C(C)C)cc(=O)[nH]1. The van der Waals surface area contributed by atoms with Gasteiger partial charge in [0.05, 0.1) is 17.9 Å². The Hall–Kier alpha value is -2.10. The van der Waals surface area contributed by atoms with Crippen molar-refractivity contribution >= 4 is 0 Å². The molecule has 2 rings (SSSR count). The number of ether oxygens (including phenoxy) is 1. The van der Waals surface area contributed by atoms with Crippen LogP contribution in [0.2, 0.25) is 0 Å². The van der Waals surface area contributed by atoms with E-state index in [2.05, 4.69) is 9.97 Å². The first-order valence-corrected chi connectivity index (χ1v) is 6.45. The molecule has 2 aromatic rings. The molecule has 4 nitrogen and oxygen atoms in total. The van der Waals surface area contributed by atoms with Gasteiger partial charge in [0.2, 0.25) is 0 Å². The topological polar surface area (TPSA) is 55.0 Å². The molecule has 0 aliphatic heterocycles. The second-order valence-corrected chi connectivity index (χ2v) is 4.60. The smallest absolute Gasteiger partial charge is 0.251 e. The molecule has 0 fully saturated rings. The third-order valence-corrected chi connectivity index (χ3v) is 2.80. The molecule has 1 aromatic carbocycles. The molecular formula is C15H18N2O2. The van der Waals surface area contributed by atoms with Gasteiger partial charge in [0, 0.05) is 6.07 Å². The van der Waals surface area contributed by atoms with Gasteiger partial charge < -0.3 is 9.72 Å². The van der Waals surface area contributed by atoms with Crippen LogP contribution in [0.1, 0.15) is 32.4 Å². The molecule has 4 heteroatoms. The highest BCUT2D eigenvalue weighted by Crippen LogP contribution is 2.27. The summed E-state index contributed by atoms with van der Waals surface area (Å²) in [6, 6.07) is 9.12. The van der Waals surface area contributed by atoms with Crippen molar-refractivity contribution in [3.05, 3.63) is 46.4 Å². The van der Waals surface area contributed by atoms with Gasteiger partial charge in [-0.15, -0.1) is 0 Å². The Morgan fingerprint density at radius 2 is 2.05 bits per heavy atom. The molecule has 0 spiro atoms. The predicted molar refractivity (Wildman–Crippen MR) is 75.6 cm³/mol. The minimum absolute atomic E-state index is 0.139. The molecule has 0 amide bonds. The Bertz CT molecular complexity index is 618. The highest BCUT2D eigenvalue weighted by molar-refractivity contribution is 5.63. The lowest BCUT2D eigenvalue weighted by atomic mass is 10.1. The number of aromatic amines is 1. The summed E-state index contributed by atoms with van der Waals surface area (Å²) in [7, 11) is 0. The largest absolute Gasteiger partial charge is 0.493 e. The zero-order chi connectivity index (χ0) is 13.8. The highest BCUT2D eigenvalue weighted by atomic mass is 16.5. The van der Waals surface area contributed by atoms with Gasteiger partial charge in [-0.1, -0.05) is 26.0 Å². The van der Waals surface area contributed by atoms with E-state index >= 15 is 0 Å². The number of aromatic nitrogens is 2. The Kier molecular flexibility index (Phi) is 4.00. The van der Waals surface area contributed by atoms with Crippen molar-refractivity contribution in [1.29, 1.82) is 0 Å². The second kappa shape index (κ2) is 5.69. The Morgan fingerprint density at radius 3 is 2.74 bits per heavy atom. The average molecular weight is 258 g/mol. The quantitative estimate of drug-likeness (QED) is 0.917. The van der Waals surface area contributed by atoms with E-state index in [9.17, 15) is 4.79 Å². The third kappa shape index (κ3) is 3.02. The fourth-order valence-electron chi connectivity index (χ4n) is 1.84. The van der Waals surface area contributed by atoms with Crippen molar-refractivity contribution in [2.75, 3.05) is 6.61 Å². The molecule has 100 valence electrons. The molecule has 1 N–H and O–H groups in total. The van der Waals surface area contributed by atoms with Crippen molar-refractivity contribution in [2.45, 2.75) is 26.7 Å². The fourth-order valence-corrected chi connectivity index (χ4v) is 1.84. The van der Waals surface area contributed by atoms with Gasteiger partial charge in [-0.05, 0) is 25.0 Å². The van der Waals surface area contributed by atoms with Gasteiger partial charge >= 0.3 is 0 Å². The van der Waals surface area contributed by atoms with Crippen LogP contribution in [0.5, 0.6) is 5.75 Å². The molecule has 0 aliphatic carbocycles. The van der Waals surface area contributed by atoms with Crippen LogP contribution >= 0.6 is 0 Å². The summed E-state index contributed by atoms with van der Waals surface area (Å²) in [5.74, 6) is 1.50. The lowest BCUT2D eigenvalue weighted by Gasteiger charge is -2.11. The van der Waals surface area contributed by atoms with Crippen LogP contribution < -0.4 is 10.3 Å². The van der Waals surface area contributed by atoms with Crippen molar-refractivity contribution < 1.29 is 4.74 Å². The van der Waals surface area contributed by atoms with Crippen LogP contribution in [-0.2, 0) is 0 Å². The summed E-state index contributed by atoms with van der Waals surface area (Å²) in [5, 5.41) is 0. The minimum atomic E-state index is -0.139. The number of nitrogens with one attached hydrogen (secondary N) is 1. The summed E-state index contributed by atoms with van der Waals surface area (Å²) >= 11 is 0. The zero-order valence-electron chi connectivity index (χ0n) is 11.4. The molecule has 1 heterocycles. The lowest BCUT2D eigenvalue weighted by molar-refractivity contribution is 0.341. The van der Waals surface area contributed by atoms with Gasteiger partial charge in [-0.25, -0.2) is 4.98 Å². The number of benzene rings is 1. The maximum Gasteiger partial charge on any atom is 0.251 e. The normalized spacial score (nSPS) is 10.7. The summed E-state index contributed by atoms with van der Waals surface area (Å²) < 4.78 is 5.57. The second-order valence-electron chi connectivity index (χ2n) is 4.60. The molecular weight excluding hydrogens is 240 g/mol. The van der Waals surface area contributed by atoms with E-state index < -0.39 is 0 Å². The maximum absolute atomic E-state index is 11.7. The monoisotopic (exact) mass is 258 g/mol. The predicted octanol–water partition coefficient (Wildman–Crippen LogP) is 2.96. The minimum Gasteiger partial charge on any atom is -0.493 e. The molecule has 0 bridgehead atoms. The molecule has 0 unspecified atom stereocenters. The van der Waals surface area contributed by atoms with E-state index in [1.165, 1.54) is 6.07 Å². The van der Waals surface area contributed by atoms with Gasteiger partial charge in [0.15, 0.2) is 0 Å². The van der Waals surface area contributed by atoms with Crippen molar-refractivity contribution in [3.63, 3.8) is 0 Å². The lowest BCUT2D eigenvalue weighted by Crippen LogP contribution is -2.11. The molecule has 0 atom stereocenters. The van der Waals surface area contributed by atoms with Gasteiger partial charge in [-0.3, -0.25) is 4.79 Å². The average Bonchev–Trinajstić information content (AvgIpc) is 2.39. The molecule has 0 saturated heterocycles. The molecule has 1 aromatic heterocycles. The first kappa shape index (κ1) is 13.3. The van der Waals surface area contributed by atoms with Crippen molar-refractivity contribution in [3.8, 4) is 17.1 Å². The highest BCUT2D eigenvalue weighted by Gasteiger charge is 2.10. The van der Waals surface area contributed by atoms with Crippen LogP contribution in [0.25, 0.3) is 11.4 Å². The zero-order valence-corrected chi connectivity index (χ0v) is 11.4. The first-order valence-electron chi connectivity index (χ1n) is 6.45. The van der Waals surface area contributed by atoms with Crippen LogP contribution in [0.4, 0.5) is 0 Å². The number of hydrogen-bond acceptors (Lipinski definition) is 3. The van der Waals surface area contributed by atoms with Gasteiger partial charge in [0.1, 0.15) is 11.6 Å². The Morgan fingerprint density at radius 1 is 1.32 bits per heavy atom. The van der Waals surface area contributed by atoms with E-state index in [0.29, 0.717) is 12.4 Å². The van der Waals surface area contributed by atoms with E-state index in [4.69, 9.17) is 4.74 Å². The summed E-state index contributed by atoms with van der Waals surface area (Å²) in [6.45, 7) is 6.53. The van der Waals surface area contributed by atoms with E-state index in [1.807, 2.05) is 45.0 Å². The molecule has 0 saturated carbocycles. The maximum atomic E-state index is 11.7. The molecule has 0 aliphatic rings. The summed E-state index contributed by atoms with van der Waals surface area (Å²) in [4.78, 5) is 19.0. The molecule has 0 radical (unpaired) electrons. The number of nitrogens with zero attached hydrogens (tertiary/aromatic N) is 1.